The fourth-order valence-corrected chi connectivity index (χ4v) is 1.93. The van der Waals surface area contributed by atoms with Gasteiger partial charge in [0, 0.05) is 12.6 Å². The summed E-state index contributed by atoms with van der Waals surface area (Å²) in [5.41, 5.74) is 0.177. The predicted octanol–water partition coefficient (Wildman–Crippen LogP) is 2.85. The molecule has 0 bridgehead atoms. The van der Waals surface area contributed by atoms with Crippen LogP contribution in [0.15, 0.2) is 6.07 Å². The summed E-state index contributed by atoms with van der Waals surface area (Å²) in [6.45, 7) is 6.03. The van der Waals surface area contributed by atoms with Crippen LogP contribution in [-0.4, -0.2) is 28.6 Å². The van der Waals surface area contributed by atoms with Gasteiger partial charge in [-0.05, 0) is 17.9 Å². The molecule has 0 saturated carbocycles. The van der Waals surface area contributed by atoms with E-state index >= 15 is 0 Å². The number of aliphatic hydroxyl groups is 1. The van der Waals surface area contributed by atoms with Crippen LogP contribution in [0, 0.1) is 5.41 Å². The second-order valence-corrected chi connectivity index (χ2v) is 6.03. The van der Waals surface area contributed by atoms with Gasteiger partial charge in [0.15, 0.2) is 0 Å². The molecule has 1 aromatic rings. The molecule has 102 valence electrons. The number of amides is 1. The normalized spacial score (nSPS) is 13.4. The number of nitrogens with one attached hydrogen (secondary N) is 2. The highest BCUT2D eigenvalue weighted by molar-refractivity contribution is 6.41. The van der Waals surface area contributed by atoms with E-state index in [0.717, 1.165) is 0 Å². The first-order valence-corrected chi connectivity index (χ1v) is 6.47. The number of carbonyl (C=O) groups excluding carboxylic acids is 1. The number of aromatic amines is 1. The van der Waals surface area contributed by atoms with Crippen molar-refractivity contribution in [2.45, 2.75) is 33.2 Å². The number of hydrogen-bond donors (Lipinski definition) is 3. The Hall–Kier alpha value is -0.710. The van der Waals surface area contributed by atoms with Crippen molar-refractivity contribution in [1.82, 2.24) is 10.3 Å². The molecule has 1 atom stereocenters. The van der Waals surface area contributed by atoms with E-state index in [1.807, 2.05) is 20.8 Å². The summed E-state index contributed by atoms with van der Waals surface area (Å²) in [7, 11) is 0. The van der Waals surface area contributed by atoms with Crippen LogP contribution in [0.4, 0.5) is 0 Å². The summed E-state index contributed by atoms with van der Waals surface area (Å²) in [5, 5.41) is 12.5. The molecule has 0 radical (unpaired) electrons. The number of aliphatic hydroxyl groups excluding tert-OH is 1. The van der Waals surface area contributed by atoms with Crippen LogP contribution in [0.25, 0.3) is 0 Å². The van der Waals surface area contributed by atoms with Gasteiger partial charge < -0.3 is 15.4 Å². The van der Waals surface area contributed by atoms with E-state index in [0.29, 0.717) is 17.1 Å². The number of H-pyrrole nitrogens is 1. The number of aromatic nitrogens is 1. The Morgan fingerprint density at radius 1 is 1.50 bits per heavy atom. The SMILES string of the molecule is CC(C)(C)C(CCO)NC(=O)c1cc(Cl)c(Cl)[nH]1. The molecule has 1 amide bonds. The van der Waals surface area contributed by atoms with Crippen molar-refractivity contribution >= 4 is 29.1 Å². The van der Waals surface area contributed by atoms with Gasteiger partial charge in [0.25, 0.3) is 5.91 Å². The molecular formula is C12H18Cl2N2O2. The summed E-state index contributed by atoms with van der Waals surface area (Å²) >= 11 is 11.5. The van der Waals surface area contributed by atoms with Crippen molar-refractivity contribution in [2.75, 3.05) is 6.61 Å². The zero-order valence-corrected chi connectivity index (χ0v) is 12.2. The minimum Gasteiger partial charge on any atom is -0.396 e. The molecule has 0 aliphatic carbocycles. The average Bonchev–Trinajstić information content (AvgIpc) is 2.57. The summed E-state index contributed by atoms with van der Waals surface area (Å²) in [6, 6.07) is 1.36. The standard InChI is InChI=1S/C12H18Cl2N2O2/c1-12(2,3)9(4-5-17)16-11(18)8-6-7(13)10(14)15-8/h6,9,15,17H,4-5H2,1-3H3,(H,16,18). The fraction of sp³-hybridized carbons (Fsp3) is 0.583. The first kappa shape index (κ1) is 15.3. The lowest BCUT2D eigenvalue weighted by molar-refractivity contribution is 0.0880. The third-order valence-electron chi connectivity index (χ3n) is 2.74. The molecule has 0 spiro atoms. The first-order chi connectivity index (χ1) is 8.25. The Kier molecular flexibility index (Phi) is 5.08. The van der Waals surface area contributed by atoms with Gasteiger partial charge in [-0.2, -0.15) is 0 Å². The molecule has 6 heteroatoms. The molecule has 0 aliphatic rings. The van der Waals surface area contributed by atoms with Gasteiger partial charge in [-0.15, -0.1) is 0 Å². The molecule has 0 aliphatic heterocycles. The van der Waals surface area contributed by atoms with Gasteiger partial charge in [-0.25, -0.2) is 0 Å². The van der Waals surface area contributed by atoms with Crippen molar-refractivity contribution < 1.29 is 9.90 Å². The summed E-state index contributed by atoms with van der Waals surface area (Å²) in [4.78, 5) is 14.7. The van der Waals surface area contributed by atoms with Crippen molar-refractivity contribution in [1.29, 1.82) is 0 Å². The van der Waals surface area contributed by atoms with E-state index in [-0.39, 0.29) is 29.1 Å². The van der Waals surface area contributed by atoms with E-state index in [1.54, 1.807) is 0 Å². The maximum absolute atomic E-state index is 12.0. The Labute approximate surface area is 117 Å². The second-order valence-electron chi connectivity index (χ2n) is 5.25. The lowest BCUT2D eigenvalue weighted by atomic mass is 9.85. The monoisotopic (exact) mass is 292 g/mol. The molecule has 0 fully saturated rings. The van der Waals surface area contributed by atoms with E-state index in [9.17, 15) is 4.79 Å². The molecule has 18 heavy (non-hydrogen) atoms. The van der Waals surface area contributed by atoms with E-state index < -0.39 is 0 Å². The minimum atomic E-state index is -0.280. The molecule has 1 unspecified atom stereocenters. The zero-order valence-electron chi connectivity index (χ0n) is 10.7. The minimum absolute atomic E-state index is 0.0223. The Balaban J connectivity index is 2.78. The van der Waals surface area contributed by atoms with Crippen molar-refractivity contribution in [3.8, 4) is 0 Å². The molecule has 4 nitrogen and oxygen atoms in total. The number of hydrogen-bond acceptors (Lipinski definition) is 2. The summed E-state index contributed by atoms with van der Waals surface area (Å²) < 4.78 is 0. The van der Waals surface area contributed by atoms with Crippen molar-refractivity contribution in [2.24, 2.45) is 5.41 Å². The molecular weight excluding hydrogens is 275 g/mol. The smallest absolute Gasteiger partial charge is 0.268 e. The number of halogens is 2. The Bertz CT molecular complexity index is 405. The van der Waals surface area contributed by atoms with Crippen LogP contribution >= 0.6 is 23.2 Å². The van der Waals surface area contributed by atoms with Gasteiger partial charge in [0.05, 0.1) is 5.02 Å². The van der Waals surface area contributed by atoms with Crippen molar-refractivity contribution in [3.63, 3.8) is 0 Å². The van der Waals surface area contributed by atoms with Gasteiger partial charge >= 0.3 is 0 Å². The summed E-state index contributed by atoms with van der Waals surface area (Å²) in [6.07, 6.45) is 0.497. The Morgan fingerprint density at radius 3 is 2.50 bits per heavy atom. The van der Waals surface area contributed by atoms with Gasteiger partial charge in [-0.1, -0.05) is 44.0 Å². The van der Waals surface area contributed by atoms with Crippen LogP contribution < -0.4 is 5.32 Å². The van der Waals surface area contributed by atoms with Crippen LogP contribution in [0.1, 0.15) is 37.7 Å². The molecule has 1 aromatic heterocycles. The van der Waals surface area contributed by atoms with Crippen LogP contribution in [0.5, 0.6) is 0 Å². The van der Waals surface area contributed by atoms with E-state index in [2.05, 4.69) is 10.3 Å². The third-order valence-corrected chi connectivity index (χ3v) is 3.43. The molecule has 0 aromatic carbocycles. The average molecular weight is 293 g/mol. The maximum atomic E-state index is 12.0. The number of carbonyl (C=O) groups is 1. The van der Waals surface area contributed by atoms with Gasteiger partial charge in [0.1, 0.15) is 10.8 Å². The highest BCUT2D eigenvalue weighted by Crippen LogP contribution is 2.24. The number of rotatable bonds is 4. The largest absolute Gasteiger partial charge is 0.396 e. The summed E-state index contributed by atoms with van der Waals surface area (Å²) in [5.74, 6) is -0.280. The maximum Gasteiger partial charge on any atom is 0.268 e. The van der Waals surface area contributed by atoms with Crippen LogP contribution in [0.2, 0.25) is 10.2 Å². The first-order valence-electron chi connectivity index (χ1n) is 5.71. The highest BCUT2D eigenvalue weighted by atomic mass is 35.5. The van der Waals surface area contributed by atoms with E-state index in [1.165, 1.54) is 6.07 Å². The third kappa shape index (κ3) is 3.90. The van der Waals surface area contributed by atoms with Gasteiger partial charge in [-0.3, -0.25) is 4.79 Å². The second kappa shape index (κ2) is 5.95. The lowest BCUT2D eigenvalue weighted by Gasteiger charge is -2.30. The molecule has 1 rings (SSSR count). The van der Waals surface area contributed by atoms with Crippen molar-refractivity contribution in [3.05, 3.63) is 21.9 Å². The van der Waals surface area contributed by atoms with Gasteiger partial charge in [0.2, 0.25) is 0 Å². The Morgan fingerprint density at radius 2 is 2.11 bits per heavy atom. The zero-order chi connectivity index (χ0) is 13.9. The fourth-order valence-electron chi connectivity index (χ4n) is 1.61. The quantitative estimate of drug-likeness (QED) is 0.799. The van der Waals surface area contributed by atoms with Crippen LogP contribution in [-0.2, 0) is 0 Å². The molecule has 1 heterocycles. The van der Waals surface area contributed by atoms with Crippen LogP contribution in [0.3, 0.4) is 0 Å². The highest BCUT2D eigenvalue weighted by Gasteiger charge is 2.26. The molecule has 3 N–H and O–H groups in total. The topological polar surface area (TPSA) is 65.1 Å². The predicted molar refractivity (Wildman–Crippen MR) is 73.2 cm³/mol. The molecule has 0 saturated heterocycles. The lowest BCUT2D eigenvalue weighted by Crippen LogP contribution is -2.44. The van der Waals surface area contributed by atoms with E-state index in [4.69, 9.17) is 28.3 Å².